The molecule has 0 bridgehead atoms. The molecule has 2 aromatic carbocycles. The molecule has 35 heavy (non-hydrogen) atoms. The van der Waals surface area contributed by atoms with Crippen molar-refractivity contribution in [2.45, 2.75) is 29.2 Å². The highest BCUT2D eigenvalue weighted by Gasteiger charge is 2.36. The van der Waals surface area contributed by atoms with Crippen LogP contribution in [0.25, 0.3) is 5.69 Å². The second kappa shape index (κ2) is 10.6. The number of carbonyl (C=O) groups is 1. The number of likely N-dealkylation sites (tertiary alicyclic amines) is 1. The molecule has 0 spiro atoms. The maximum Gasteiger partial charge on any atom is 0.435 e. The maximum atomic E-state index is 13.3. The van der Waals surface area contributed by atoms with Gasteiger partial charge >= 0.3 is 6.18 Å². The second-order valence-electron chi connectivity index (χ2n) is 7.85. The van der Waals surface area contributed by atoms with E-state index >= 15 is 0 Å². The summed E-state index contributed by atoms with van der Waals surface area (Å²) < 4.78 is 59.0. The van der Waals surface area contributed by atoms with Crippen LogP contribution in [0.15, 0.2) is 59.5 Å². The number of benzene rings is 2. The van der Waals surface area contributed by atoms with Crippen LogP contribution in [0.1, 0.15) is 18.5 Å². The van der Waals surface area contributed by atoms with E-state index in [4.69, 9.17) is 27.9 Å². The van der Waals surface area contributed by atoms with Gasteiger partial charge in [-0.05, 0) is 49.2 Å². The summed E-state index contributed by atoms with van der Waals surface area (Å²) in [6, 6.07) is 13.8. The van der Waals surface area contributed by atoms with Crippen LogP contribution in [0.3, 0.4) is 0 Å². The fourth-order valence-electron chi connectivity index (χ4n) is 3.71. The van der Waals surface area contributed by atoms with Crippen LogP contribution < -0.4 is 4.74 Å². The molecule has 0 N–H and O–H groups in total. The van der Waals surface area contributed by atoms with Gasteiger partial charge in [-0.1, -0.05) is 35.3 Å². The van der Waals surface area contributed by atoms with E-state index in [1.54, 1.807) is 41.3 Å². The Morgan fingerprint density at radius 1 is 1.09 bits per heavy atom. The molecule has 1 fully saturated rings. The largest absolute Gasteiger partial charge is 0.467 e. The molecule has 1 saturated heterocycles. The first-order valence-corrected chi connectivity index (χ1v) is 12.6. The van der Waals surface area contributed by atoms with E-state index in [2.05, 4.69) is 5.10 Å². The summed E-state index contributed by atoms with van der Waals surface area (Å²) >= 11 is 12.0. The van der Waals surface area contributed by atoms with Crippen LogP contribution in [0.2, 0.25) is 10.0 Å². The third-order valence-corrected chi connectivity index (χ3v) is 7.92. The van der Waals surface area contributed by atoms with Crippen molar-refractivity contribution < 1.29 is 26.9 Å². The molecule has 1 aromatic heterocycles. The number of hydrogen-bond acceptors (Lipinski definition) is 4. The van der Waals surface area contributed by atoms with Gasteiger partial charge in [-0.25, -0.2) is 0 Å². The number of carbonyl (C=O) groups excluding carboxylic acids is 1. The first-order chi connectivity index (χ1) is 16.6. The zero-order valence-corrected chi connectivity index (χ0v) is 20.5. The number of ether oxygens (including phenoxy) is 1. The van der Waals surface area contributed by atoms with E-state index in [9.17, 15) is 22.2 Å². The highest BCUT2D eigenvalue weighted by Crippen LogP contribution is 2.33. The van der Waals surface area contributed by atoms with Crippen LogP contribution in [-0.2, 0) is 21.8 Å². The standard InChI is InChI=1S/C23H20Cl2F3N3O3S/c24-15-5-7-16(8-6-15)35(33)17-9-11-30(12-10-17)21(32)14-34-22-13-20(23(26,27)28)29-31(22)19-4-2-1-3-18(19)25/h1-8,13,17H,9-12,14H2. The molecule has 1 aliphatic rings. The van der Waals surface area contributed by atoms with Crippen molar-refractivity contribution in [3.8, 4) is 11.6 Å². The predicted octanol–water partition coefficient (Wildman–Crippen LogP) is 5.38. The quantitative estimate of drug-likeness (QED) is 0.417. The van der Waals surface area contributed by atoms with E-state index < -0.39 is 29.3 Å². The minimum atomic E-state index is -4.70. The molecule has 4 rings (SSSR count). The fourth-order valence-corrected chi connectivity index (χ4v) is 5.48. The van der Waals surface area contributed by atoms with Crippen molar-refractivity contribution in [3.05, 3.63) is 70.3 Å². The number of para-hydroxylation sites is 1. The van der Waals surface area contributed by atoms with Crippen LogP contribution >= 0.6 is 23.2 Å². The molecular formula is C23H20Cl2F3N3O3S. The van der Waals surface area contributed by atoms with E-state index in [-0.39, 0.29) is 27.7 Å². The Kier molecular flexibility index (Phi) is 7.73. The number of rotatable bonds is 6. The summed E-state index contributed by atoms with van der Waals surface area (Å²) in [5.74, 6) is -0.640. The first kappa shape index (κ1) is 25.5. The van der Waals surface area contributed by atoms with E-state index in [0.717, 1.165) is 10.7 Å². The van der Waals surface area contributed by atoms with E-state index in [1.807, 2.05) is 0 Å². The lowest BCUT2D eigenvalue weighted by molar-refractivity contribution is -0.141. The molecule has 0 aliphatic carbocycles. The lowest BCUT2D eigenvalue weighted by Crippen LogP contribution is -2.43. The van der Waals surface area contributed by atoms with Crippen molar-refractivity contribution in [1.82, 2.24) is 14.7 Å². The van der Waals surface area contributed by atoms with E-state index in [1.165, 1.54) is 12.1 Å². The van der Waals surface area contributed by atoms with Crippen LogP contribution in [-0.4, -0.2) is 49.7 Å². The summed E-state index contributed by atoms with van der Waals surface area (Å²) in [7, 11) is -1.23. The average Bonchev–Trinajstić information content (AvgIpc) is 3.28. The normalized spacial score (nSPS) is 15.7. The van der Waals surface area contributed by atoms with Gasteiger partial charge in [0, 0.05) is 34.3 Å². The monoisotopic (exact) mass is 545 g/mol. The number of amides is 1. The summed E-state index contributed by atoms with van der Waals surface area (Å²) in [4.78, 5) is 14.9. The zero-order valence-electron chi connectivity index (χ0n) is 18.2. The number of alkyl halides is 3. The van der Waals surface area contributed by atoms with Gasteiger partial charge in [0.2, 0.25) is 5.88 Å². The lowest BCUT2D eigenvalue weighted by Gasteiger charge is -2.31. The topological polar surface area (TPSA) is 64.4 Å². The molecule has 12 heteroatoms. The smallest absolute Gasteiger partial charge is 0.435 e. The molecule has 1 unspecified atom stereocenters. The Morgan fingerprint density at radius 2 is 1.74 bits per heavy atom. The van der Waals surface area contributed by atoms with Gasteiger partial charge in [0.25, 0.3) is 5.91 Å². The van der Waals surface area contributed by atoms with Gasteiger partial charge in [-0.15, -0.1) is 0 Å². The second-order valence-corrected chi connectivity index (χ2v) is 10.4. The molecule has 1 atom stereocenters. The van der Waals surface area contributed by atoms with Gasteiger partial charge in [-0.3, -0.25) is 9.00 Å². The Hall–Kier alpha value is -2.56. The average molecular weight is 546 g/mol. The first-order valence-electron chi connectivity index (χ1n) is 10.6. The molecule has 6 nitrogen and oxygen atoms in total. The molecule has 1 aliphatic heterocycles. The SMILES string of the molecule is O=C(COc1cc(C(F)(F)F)nn1-c1ccccc1Cl)N1CCC(S(=O)c2ccc(Cl)cc2)CC1. The Balaban J connectivity index is 1.40. The van der Waals surface area contributed by atoms with Crippen LogP contribution in [0, 0.1) is 0 Å². The predicted molar refractivity (Wildman–Crippen MR) is 127 cm³/mol. The van der Waals surface area contributed by atoms with Gasteiger partial charge in [-0.2, -0.15) is 23.0 Å². The summed E-state index contributed by atoms with van der Waals surface area (Å²) in [5, 5.41) is 4.20. The number of nitrogens with zero attached hydrogens (tertiary/aromatic N) is 3. The maximum absolute atomic E-state index is 13.3. The molecular weight excluding hydrogens is 526 g/mol. The Bertz CT molecular complexity index is 1230. The number of hydrogen-bond donors (Lipinski definition) is 0. The number of halogens is 5. The number of aromatic nitrogens is 2. The van der Waals surface area contributed by atoms with Crippen molar-refractivity contribution in [1.29, 1.82) is 0 Å². The number of piperidine rings is 1. The van der Waals surface area contributed by atoms with Gasteiger partial charge in [0.15, 0.2) is 12.3 Å². The van der Waals surface area contributed by atoms with Crippen LogP contribution in [0.5, 0.6) is 5.88 Å². The minimum absolute atomic E-state index is 0.114. The lowest BCUT2D eigenvalue weighted by atomic mass is 10.1. The zero-order chi connectivity index (χ0) is 25.2. The van der Waals surface area contributed by atoms with Crippen molar-refractivity contribution >= 4 is 39.9 Å². The van der Waals surface area contributed by atoms with Crippen molar-refractivity contribution in [2.75, 3.05) is 19.7 Å². The highest BCUT2D eigenvalue weighted by atomic mass is 35.5. The molecule has 0 radical (unpaired) electrons. The highest BCUT2D eigenvalue weighted by molar-refractivity contribution is 7.85. The van der Waals surface area contributed by atoms with Crippen molar-refractivity contribution in [3.63, 3.8) is 0 Å². The van der Waals surface area contributed by atoms with Crippen LogP contribution in [0.4, 0.5) is 13.2 Å². The summed E-state index contributed by atoms with van der Waals surface area (Å²) in [6.45, 7) is 0.256. The molecule has 2 heterocycles. The third-order valence-electron chi connectivity index (χ3n) is 5.53. The molecule has 0 saturated carbocycles. The molecule has 186 valence electrons. The fraction of sp³-hybridized carbons (Fsp3) is 0.304. The molecule has 1 amide bonds. The summed E-state index contributed by atoms with van der Waals surface area (Å²) in [6.07, 6.45) is -3.65. The van der Waals surface area contributed by atoms with Gasteiger partial charge in [0.1, 0.15) is 0 Å². The van der Waals surface area contributed by atoms with Gasteiger partial charge < -0.3 is 9.64 Å². The van der Waals surface area contributed by atoms with Crippen molar-refractivity contribution in [2.24, 2.45) is 0 Å². The Morgan fingerprint density at radius 3 is 2.37 bits per heavy atom. The third kappa shape index (κ3) is 5.99. The van der Waals surface area contributed by atoms with Gasteiger partial charge in [0.05, 0.1) is 21.5 Å². The summed E-state index contributed by atoms with van der Waals surface area (Å²) in [5.41, 5.74) is -0.969. The Labute approximate surface area is 212 Å². The molecule has 3 aromatic rings. The van der Waals surface area contributed by atoms with E-state index in [0.29, 0.717) is 35.8 Å². The minimum Gasteiger partial charge on any atom is -0.467 e.